The van der Waals surface area contributed by atoms with Crippen LogP contribution in [-0.2, 0) is 6.42 Å². The van der Waals surface area contributed by atoms with Crippen molar-refractivity contribution in [2.75, 3.05) is 0 Å². The molecule has 25 heavy (non-hydrogen) atoms. The van der Waals surface area contributed by atoms with E-state index in [1.54, 1.807) is 0 Å². The first-order valence-electron chi connectivity index (χ1n) is 7.97. The minimum Gasteiger partial charge on any atom is -0.138 e. The number of thiophene rings is 6. The Morgan fingerprint density at radius 1 is 0.520 bits per heavy atom. The number of hydrogen-bond donors (Lipinski definition) is 0. The molecule has 0 fully saturated rings. The molecular formula is C19H12S6. The van der Waals surface area contributed by atoms with Crippen LogP contribution in [0.1, 0.15) is 19.5 Å². The molecule has 0 unspecified atom stereocenters. The predicted molar refractivity (Wildman–Crippen MR) is 122 cm³/mol. The molecule has 0 aliphatic rings. The first kappa shape index (κ1) is 15.3. The summed E-state index contributed by atoms with van der Waals surface area (Å²) in [5.41, 5.74) is 0. The maximum atomic E-state index is 2.42. The van der Waals surface area contributed by atoms with Gasteiger partial charge in [-0.2, -0.15) is 0 Å². The van der Waals surface area contributed by atoms with Crippen LogP contribution in [0.3, 0.4) is 0 Å². The molecule has 0 N–H and O–H groups in total. The lowest BCUT2D eigenvalue weighted by molar-refractivity contribution is 1.31. The highest BCUT2D eigenvalue weighted by Gasteiger charge is 2.15. The molecule has 0 saturated heterocycles. The fraction of sp³-hybridized carbons (Fsp3) is 0.158. The molecule has 0 radical (unpaired) electrons. The molecule has 0 bridgehead atoms. The largest absolute Gasteiger partial charge is 0.138 e. The van der Waals surface area contributed by atoms with Crippen molar-refractivity contribution in [2.24, 2.45) is 0 Å². The molecule has 6 heterocycles. The molecule has 0 saturated carbocycles. The predicted octanol–water partition coefficient (Wildman–Crippen LogP) is 8.88. The summed E-state index contributed by atoms with van der Waals surface area (Å²) in [6.45, 7) is 4.42. The van der Waals surface area contributed by atoms with E-state index in [1.165, 1.54) is 57.1 Å². The van der Waals surface area contributed by atoms with E-state index >= 15 is 0 Å². The van der Waals surface area contributed by atoms with E-state index in [0.717, 1.165) is 6.42 Å². The first-order valence-corrected chi connectivity index (χ1v) is 12.9. The van der Waals surface area contributed by atoms with Gasteiger partial charge in [-0.25, -0.2) is 0 Å². The van der Waals surface area contributed by atoms with Crippen molar-refractivity contribution < 1.29 is 0 Å². The zero-order valence-corrected chi connectivity index (χ0v) is 18.4. The molecule has 0 aromatic carbocycles. The average Bonchev–Trinajstić information content (AvgIpc) is 3.31. The first-order chi connectivity index (χ1) is 12.1. The van der Waals surface area contributed by atoms with Crippen molar-refractivity contribution in [3.63, 3.8) is 0 Å². The number of aryl methyl sites for hydroxylation is 2. The van der Waals surface area contributed by atoms with Crippen LogP contribution in [0.4, 0.5) is 0 Å². The van der Waals surface area contributed by atoms with Crippen molar-refractivity contribution in [1.29, 1.82) is 0 Å². The summed E-state index contributed by atoms with van der Waals surface area (Å²) >= 11 is 11.8. The van der Waals surface area contributed by atoms with Crippen molar-refractivity contribution in [2.45, 2.75) is 20.3 Å². The van der Waals surface area contributed by atoms with E-state index in [9.17, 15) is 0 Å². The number of hydrogen-bond acceptors (Lipinski definition) is 6. The smallest absolute Gasteiger partial charge is 0.0632 e. The highest BCUT2D eigenvalue weighted by Crippen LogP contribution is 2.46. The Balaban J connectivity index is 1.42. The van der Waals surface area contributed by atoms with Gasteiger partial charge in [-0.3, -0.25) is 0 Å². The molecule has 6 heteroatoms. The summed E-state index contributed by atoms with van der Waals surface area (Å²) in [6, 6.07) is 9.51. The van der Waals surface area contributed by atoms with Crippen LogP contribution >= 0.6 is 68.0 Å². The average molecular weight is 433 g/mol. The second-order valence-electron chi connectivity index (χ2n) is 6.29. The maximum Gasteiger partial charge on any atom is 0.0632 e. The topological polar surface area (TPSA) is 0 Å². The Morgan fingerprint density at radius 3 is 1.40 bits per heavy atom. The lowest BCUT2D eigenvalue weighted by Gasteiger charge is -1.91. The van der Waals surface area contributed by atoms with Gasteiger partial charge < -0.3 is 0 Å². The van der Waals surface area contributed by atoms with Gasteiger partial charge in [-0.1, -0.05) is 0 Å². The fourth-order valence-corrected chi connectivity index (χ4v) is 11.4. The third-order valence-corrected chi connectivity index (χ3v) is 11.7. The Bertz CT molecular complexity index is 1280. The third kappa shape index (κ3) is 2.32. The van der Waals surface area contributed by atoms with Gasteiger partial charge >= 0.3 is 0 Å². The molecular weight excluding hydrogens is 421 g/mol. The minimum absolute atomic E-state index is 1.08. The van der Waals surface area contributed by atoms with Gasteiger partial charge in [0.25, 0.3) is 0 Å². The zero-order chi connectivity index (χ0) is 16.7. The summed E-state index contributed by atoms with van der Waals surface area (Å²) in [5.74, 6) is 0. The van der Waals surface area contributed by atoms with Crippen molar-refractivity contribution in [3.05, 3.63) is 43.8 Å². The Labute approximate surface area is 168 Å². The van der Waals surface area contributed by atoms with Crippen LogP contribution in [0.25, 0.3) is 37.6 Å². The fourth-order valence-electron chi connectivity index (χ4n) is 3.35. The van der Waals surface area contributed by atoms with E-state index in [4.69, 9.17) is 0 Å². The quantitative estimate of drug-likeness (QED) is 0.256. The van der Waals surface area contributed by atoms with E-state index in [2.05, 4.69) is 38.1 Å². The Morgan fingerprint density at radius 2 is 0.920 bits per heavy atom. The lowest BCUT2D eigenvalue weighted by atomic mass is 10.3. The highest BCUT2D eigenvalue weighted by molar-refractivity contribution is 7.39. The monoisotopic (exact) mass is 432 g/mol. The van der Waals surface area contributed by atoms with Gasteiger partial charge in [0.05, 0.1) is 18.8 Å². The Kier molecular flexibility index (Phi) is 3.29. The van der Waals surface area contributed by atoms with Crippen LogP contribution < -0.4 is 0 Å². The SMILES string of the molecule is Cc1cc2sc3cc(Cc4cc5sc6cc(C)sc6c5s4)sc3c2s1. The molecule has 6 aromatic heterocycles. The summed E-state index contributed by atoms with van der Waals surface area (Å²) in [6.07, 6.45) is 1.08. The lowest BCUT2D eigenvalue weighted by Crippen LogP contribution is -1.76. The van der Waals surface area contributed by atoms with Crippen LogP contribution in [-0.4, -0.2) is 0 Å². The van der Waals surface area contributed by atoms with Crippen LogP contribution in [0.5, 0.6) is 0 Å². The second kappa shape index (κ2) is 5.38. The van der Waals surface area contributed by atoms with E-state index < -0.39 is 0 Å². The summed E-state index contributed by atoms with van der Waals surface area (Å²) in [5, 5.41) is 0. The molecule has 124 valence electrons. The zero-order valence-electron chi connectivity index (χ0n) is 13.5. The van der Waals surface area contributed by atoms with Gasteiger partial charge in [0.15, 0.2) is 0 Å². The summed E-state index contributed by atoms with van der Waals surface area (Å²) in [4.78, 5) is 5.85. The van der Waals surface area contributed by atoms with Crippen molar-refractivity contribution in [1.82, 2.24) is 0 Å². The van der Waals surface area contributed by atoms with E-state index in [0.29, 0.717) is 0 Å². The minimum atomic E-state index is 1.08. The maximum absolute atomic E-state index is 2.42. The molecule has 0 nitrogen and oxygen atoms in total. The molecule has 6 aromatic rings. The molecule has 6 rings (SSSR count). The molecule has 0 spiro atoms. The van der Waals surface area contributed by atoms with Gasteiger partial charge in [-0.15, -0.1) is 68.0 Å². The van der Waals surface area contributed by atoms with Crippen molar-refractivity contribution >= 4 is 106 Å². The van der Waals surface area contributed by atoms with Gasteiger partial charge in [0.1, 0.15) is 0 Å². The number of rotatable bonds is 2. The van der Waals surface area contributed by atoms with Crippen molar-refractivity contribution in [3.8, 4) is 0 Å². The van der Waals surface area contributed by atoms with Crippen LogP contribution in [0.15, 0.2) is 24.3 Å². The van der Waals surface area contributed by atoms with Crippen LogP contribution in [0.2, 0.25) is 0 Å². The standard InChI is InChI=1S/C19H12S6/c1-8-3-12-16(20-8)18-14(24-12)6-10(22-18)5-11-7-15-19(23-11)17-13(25-15)4-9(2)21-17/h3-4,6-7H,5H2,1-2H3. The second-order valence-corrected chi connectivity index (χ2v) is 13.2. The molecule has 0 aliphatic carbocycles. The molecule has 0 aliphatic heterocycles. The Hall–Kier alpha value is -0.760. The number of fused-ring (bicyclic) bond motifs is 6. The van der Waals surface area contributed by atoms with E-state index in [-0.39, 0.29) is 0 Å². The van der Waals surface area contributed by atoms with Gasteiger partial charge in [-0.05, 0) is 38.1 Å². The normalized spacial score (nSPS) is 12.6. The summed E-state index contributed by atoms with van der Waals surface area (Å²) in [7, 11) is 0. The van der Waals surface area contributed by atoms with Crippen LogP contribution in [0, 0.1) is 13.8 Å². The molecule has 0 amide bonds. The summed E-state index contributed by atoms with van der Waals surface area (Å²) < 4.78 is 11.9. The van der Waals surface area contributed by atoms with Gasteiger partial charge in [0, 0.05) is 44.7 Å². The molecule has 0 atom stereocenters. The van der Waals surface area contributed by atoms with E-state index in [1.807, 2.05) is 68.0 Å². The highest BCUT2D eigenvalue weighted by atomic mass is 32.1. The van der Waals surface area contributed by atoms with Gasteiger partial charge in [0.2, 0.25) is 0 Å². The third-order valence-electron chi connectivity index (χ3n) is 4.34.